The number of aryl methyl sites for hydroxylation is 1. The van der Waals surface area contributed by atoms with Gasteiger partial charge in [-0.1, -0.05) is 6.92 Å². The summed E-state index contributed by atoms with van der Waals surface area (Å²) in [6.45, 7) is 4.61. The molecule has 1 unspecified atom stereocenters. The maximum atomic E-state index is 11.9. The molecule has 0 saturated carbocycles. The summed E-state index contributed by atoms with van der Waals surface area (Å²) in [5.74, 6) is -0.00499. The average molecular weight is 245 g/mol. The first kappa shape index (κ1) is 12.6. The molecule has 1 aromatic carbocycles. The van der Waals surface area contributed by atoms with Gasteiger partial charge in [0.25, 0.3) is 0 Å². The molecule has 18 heavy (non-hydrogen) atoms. The summed E-state index contributed by atoms with van der Waals surface area (Å²) in [6.07, 6.45) is 0. The van der Waals surface area contributed by atoms with Gasteiger partial charge in [-0.25, -0.2) is 0 Å². The number of benzene rings is 1. The largest absolute Gasteiger partial charge is 0.359 e. The Morgan fingerprint density at radius 1 is 1.39 bits per heavy atom. The highest BCUT2D eigenvalue weighted by Gasteiger charge is 2.12. The SMILES string of the molecule is CNCC(C)C(=O)Nc1ccc2[nH]c(C)cc2c1. The number of nitrogens with one attached hydrogen (secondary N) is 3. The first-order chi connectivity index (χ1) is 8.60. The van der Waals surface area contributed by atoms with E-state index in [0.29, 0.717) is 6.54 Å². The van der Waals surface area contributed by atoms with Crippen molar-refractivity contribution in [2.45, 2.75) is 13.8 Å². The summed E-state index contributed by atoms with van der Waals surface area (Å²) in [7, 11) is 1.85. The molecule has 0 spiro atoms. The number of carbonyl (C=O) groups is 1. The van der Waals surface area contributed by atoms with Crippen LogP contribution in [-0.4, -0.2) is 24.5 Å². The van der Waals surface area contributed by atoms with E-state index >= 15 is 0 Å². The van der Waals surface area contributed by atoms with Crippen molar-refractivity contribution >= 4 is 22.5 Å². The van der Waals surface area contributed by atoms with Gasteiger partial charge < -0.3 is 15.6 Å². The Hall–Kier alpha value is -1.81. The maximum Gasteiger partial charge on any atom is 0.228 e. The molecule has 2 aromatic rings. The standard InChI is InChI=1S/C14H19N3O/c1-9(8-15-3)14(18)17-12-4-5-13-11(7-12)6-10(2)16-13/h4-7,9,15-16H,8H2,1-3H3,(H,17,18). The molecule has 0 aliphatic carbocycles. The average Bonchev–Trinajstić information content (AvgIpc) is 2.68. The summed E-state index contributed by atoms with van der Waals surface area (Å²) < 4.78 is 0. The lowest BCUT2D eigenvalue weighted by Crippen LogP contribution is -2.28. The number of H-pyrrole nitrogens is 1. The van der Waals surface area contributed by atoms with Gasteiger partial charge in [0.15, 0.2) is 0 Å². The van der Waals surface area contributed by atoms with Gasteiger partial charge in [0.1, 0.15) is 0 Å². The molecule has 1 aromatic heterocycles. The number of amides is 1. The molecule has 1 heterocycles. The quantitative estimate of drug-likeness (QED) is 0.774. The number of hydrogen-bond acceptors (Lipinski definition) is 2. The molecule has 4 heteroatoms. The molecule has 0 saturated heterocycles. The highest BCUT2D eigenvalue weighted by molar-refractivity contribution is 5.95. The Balaban J connectivity index is 2.14. The molecule has 0 bridgehead atoms. The summed E-state index contributed by atoms with van der Waals surface area (Å²) in [6, 6.07) is 7.97. The predicted octanol–water partition coefficient (Wildman–Crippen LogP) is 2.27. The minimum absolute atomic E-state index is 0.0379. The fourth-order valence-electron chi connectivity index (χ4n) is 2.02. The van der Waals surface area contributed by atoms with E-state index in [1.165, 1.54) is 0 Å². The minimum Gasteiger partial charge on any atom is -0.359 e. The zero-order valence-corrected chi connectivity index (χ0v) is 11.0. The van der Waals surface area contributed by atoms with Gasteiger partial charge in [-0.2, -0.15) is 0 Å². The van der Waals surface area contributed by atoms with Crippen LogP contribution in [0.15, 0.2) is 24.3 Å². The van der Waals surface area contributed by atoms with Crippen LogP contribution in [0.3, 0.4) is 0 Å². The Kier molecular flexibility index (Phi) is 3.67. The van der Waals surface area contributed by atoms with Crippen LogP contribution >= 0.6 is 0 Å². The molecule has 96 valence electrons. The van der Waals surface area contributed by atoms with Crippen molar-refractivity contribution in [2.24, 2.45) is 5.92 Å². The fraction of sp³-hybridized carbons (Fsp3) is 0.357. The lowest BCUT2D eigenvalue weighted by molar-refractivity contribution is -0.119. The number of carbonyl (C=O) groups excluding carboxylic acids is 1. The lowest BCUT2D eigenvalue weighted by atomic mass is 10.1. The van der Waals surface area contributed by atoms with E-state index in [9.17, 15) is 4.79 Å². The number of hydrogen-bond donors (Lipinski definition) is 3. The molecule has 0 fully saturated rings. The lowest BCUT2D eigenvalue weighted by Gasteiger charge is -2.11. The van der Waals surface area contributed by atoms with Crippen LogP contribution in [0.4, 0.5) is 5.69 Å². The molecular formula is C14H19N3O. The fourth-order valence-corrected chi connectivity index (χ4v) is 2.02. The third kappa shape index (κ3) is 2.71. The van der Waals surface area contributed by atoms with Gasteiger partial charge in [-0.05, 0) is 38.2 Å². The third-order valence-corrected chi connectivity index (χ3v) is 2.98. The van der Waals surface area contributed by atoms with Crippen molar-refractivity contribution in [3.8, 4) is 0 Å². The van der Waals surface area contributed by atoms with E-state index in [1.807, 2.05) is 39.1 Å². The molecule has 3 N–H and O–H groups in total. The van der Waals surface area contributed by atoms with Crippen molar-refractivity contribution in [1.29, 1.82) is 0 Å². The van der Waals surface area contributed by atoms with Crippen LogP contribution in [0, 0.1) is 12.8 Å². The molecule has 4 nitrogen and oxygen atoms in total. The Morgan fingerprint density at radius 3 is 2.89 bits per heavy atom. The van der Waals surface area contributed by atoms with Gasteiger partial charge in [-0.3, -0.25) is 4.79 Å². The molecular weight excluding hydrogens is 226 g/mol. The van der Waals surface area contributed by atoms with Crippen LogP contribution in [-0.2, 0) is 4.79 Å². The van der Waals surface area contributed by atoms with Crippen molar-refractivity contribution in [2.75, 3.05) is 18.9 Å². The van der Waals surface area contributed by atoms with Crippen LogP contribution in [0.1, 0.15) is 12.6 Å². The van der Waals surface area contributed by atoms with Crippen molar-refractivity contribution in [3.05, 3.63) is 30.0 Å². The van der Waals surface area contributed by atoms with E-state index in [4.69, 9.17) is 0 Å². The van der Waals surface area contributed by atoms with Gasteiger partial charge >= 0.3 is 0 Å². The number of rotatable bonds is 4. The number of anilines is 1. The second-order valence-electron chi connectivity index (χ2n) is 4.70. The monoisotopic (exact) mass is 245 g/mol. The number of fused-ring (bicyclic) bond motifs is 1. The summed E-state index contributed by atoms with van der Waals surface area (Å²) >= 11 is 0. The third-order valence-electron chi connectivity index (χ3n) is 2.98. The molecule has 0 radical (unpaired) electrons. The van der Waals surface area contributed by atoms with E-state index in [-0.39, 0.29) is 11.8 Å². The molecule has 1 atom stereocenters. The zero-order valence-electron chi connectivity index (χ0n) is 11.0. The van der Waals surface area contributed by atoms with E-state index in [0.717, 1.165) is 22.3 Å². The van der Waals surface area contributed by atoms with E-state index < -0.39 is 0 Å². The topological polar surface area (TPSA) is 56.9 Å². The molecule has 0 aliphatic rings. The second-order valence-corrected chi connectivity index (χ2v) is 4.70. The van der Waals surface area contributed by atoms with Gasteiger partial charge in [0.05, 0.1) is 0 Å². The van der Waals surface area contributed by atoms with Gasteiger partial charge in [0.2, 0.25) is 5.91 Å². The van der Waals surface area contributed by atoms with E-state index in [2.05, 4.69) is 21.7 Å². The van der Waals surface area contributed by atoms with E-state index in [1.54, 1.807) is 0 Å². The van der Waals surface area contributed by atoms with Crippen molar-refractivity contribution < 1.29 is 4.79 Å². The van der Waals surface area contributed by atoms with Gasteiger partial charge in [0, 0.05) is 34.7 Å². The first-order valence-corrected chi connectivity index (χ1v) is 6.15. The maximum absolute atomic E-state index is 11.9. The highest BCUT2D eigenvalue weighted by Crippen LogP contribution is 2.20. The Bertz CT molecular complexity index is 559. The predicted molar refractivity (Wildman–Crippen MR) is 74.8 cm³/mol. The number of aromatic amines is 1. The molecule has 1 amide bonds. The molecule has 0 aliphatic heterocycles. The normalized spacial score (nSPS) is 12.6. The van der Waals surface area contributed by atoms with Crippen LogP contribution in [0.2, 0.25) is 0 Å². The second kappa shape index (κ2) is 5.23. The highest BCUT2D eigenvalue weighted by atomic mass is 16.1. The van der Waals surface area contributed by atoms with Crippen LogP contribution in [0.25, 0.3) is 10.9 Å². The summed E-state index contributed by atoms with van der Waals surface area (Å²) in [4.78, 5) is 15.1. The summed E-state index contributed by atoms with van der Waals surface area (Å²) in [5, 5.41) is 7.05. The number of aromatic nitrogens is 1. The zero-order chi connectivity index (χ0) is 13.1. The summed E-state index contributed by atoms with van der Waals surface area (Å²) in [5.41, 5.74) is 3.06. The van der Waals surface area contributed by atoms with Crippen molar-refractivity contribution in [3.63, 3.8) is 0 Å². The Morgan fingerprint density at radius 2 is 2.17 bits per heavy atom. The van der Waals surface area contributed by atoms with Crippen molar-refractivity contribution in [1.82, 2.24) is 10.3 Å². The van der Waals surface area contributed by atoms with Crippen LogP contribution < -0.4 is 10.6 Å². The Labute approximate surface area is 107 Å². The smallest absolute Gasteiger partial charge is 0.228 e. The minimum atomic E-state index is -0.0429. The van der Waals surface area contributed by atoms with Crippen LogP contribution in [0.5, 0.6) is 0 Å². The van der Waals surface area contributed by atoms with Gasteiger partial charge in [-0.15, -0.1) is 0 Å². The first-order valence-electron chi connectivity index (χ1n) is 6.15. The molecule has 2 rings (SSSR count).